The number of aromatic nitrogens is 1. The molecule has 0 bridgehead atoms. The van der Waals surface area contributed by atoms with E-state index in [0.717, 1.165) is 62.6 Å². The zero-order chi connectivity index (χ0) is 25.8. The van der Waals surface area contributed by atoms with Gasteiger partial charge in [-0.3, -0.25) is 14.4 Å². The summed E-state index contributed by atoms with van der Waals surface area (Å²) in [5, 5.41) is 2.68. The first-order valence-corrected chi connectivity index (χ1v) is 15.0. The van der Waals surface area contributed by atoms with Crippen molar-refractivity contribution in [2.45, 2.75) is 49.6 Å². The molecule has 0 radical (unpaired) electrons. The number of hydrogen-bond donors (Lipinski definition) is 1. The molecule has 5 rings (SSSR count). The molecule has 0 unspecified atom stereocenters. The number of nitrogens with one attached hydrogen (secondary N) is 1. The molecule has 2 saturated heterocycles. The highest BCUT2D eigenvalue weighted by Crippen LogP contribution is 2.26. The van der Waals surface area contributed by atoms with Crippen molar-refractivity contribution in [3.05, 3.63) is 71.2 Å². The summed E-state index contributed by atoms with van der Waals surface area (Å²) in [5.74, 6) is -0.0119. The third-order valence-electron chi connectivity index (χ3n) is 7.11. The fraction of sp³-hybridized carbons (Fsp3) is 0.407. The van der Waals surface area contributed by atoms with Gasteiger partial charge in [0, 0.05) is 55.0 Å². The molecule has 2 aliphatic rings. The van der Waals surface area contributed by atoms with Gasteiger partial charge in [-0.1, -0.05) is 23.5 Å². The van der Waals surface area contributed by atoms with Crippen LogP contribution in [0.1, 0.15) is 41.6 Å². The van der Waals surface area contributed by atoms with Gasteiger partial charge in [-0.15, -0.1) is 0 Å². The summed E-state index contributed by atoms with van der Waals surface area (Å²) >= 11 is 1.53. The first-order valence-electron chi connectivity index (χ1n) is 12.7. The summed E-state index contributed by atoms with van der Waals surface area (Å²) in [6.45, 7) is 5.31. The summed E-state index contributed by atoms with van der Waals surface area (Å²) in [5.41, 5.74) is 1.87. The third-order valence-corrected chi connectivity index (χ3v) is 9.15. The van der Waals surface area contributed by atoms with Gasteiger partial charge in [0.15, 0.2) is 0 Å². The first kappa shape index (κ1) is 25.7. The molecule has 2 fully saturated rings. The van der Waals surface area contributed by atoms with Gasteiger partial charge in [-0.05, 0) is 74.6 Å². The minimum absolute atomic E-state index is 0.0119. The monoisotopic (exact) mass is 540 g/mol. The normalized spacial score (nSPS) is 18.0. The first-order chi connectivity index (χ1) is 17.9. The van der Waals surface area contributed by atoms with Crippen molar-refractivity contribution in [1.29, 1.82) is 0 Å². The van der Waals surface area contributed by atoms with Gasteiger partial charge in [0.05, 0.1) is 4.90 Å². The number of hydrogen-bond acceptors (Lipinski definition) is 7. The Balaban J connectivity index is 1.10. The Hall–Kier alpha value is -2.95. The smallest absolute Gasteiger partial charge is 0.273 e. The Kier molecular flexibility index (Phi) is 7.78. The number of anilines is 1. The van der Waals surface area contributed by atoms with Crippen LogP contribution in [-0.2, 0) is 10.0 Å². The van der Waals surface area contributed by atoms with Crippen LogP contribution in [0.2, 0.25) is 0 Å². The van der Waals surface area contributed by atoms with E-state index < -0.39 is 10.0 Å². The molecule has 0 aliphatic carbocycles. The van der Waals surface area contributed by atoms with Crippen molar-refractivity contribution in [1.82, 2.24) is 14.8 Å². The molecule has 0 spiro atoms. The highest BCUT2D eigenvalue weighted by Gasteiger charge is 2.30. The van der Waals surface area contributed by atoms with Crippen LogP contribution in [0.4, 0.5) is 5.69 Å². The molecule has 1 aromatic heterocycles. The fourth-order valence-electron chi connectivity index (χ4n) is 5.06. The van der Waals surface area contributed by atoms with Gasteiger partial charge < -0.3 is 9.64 Å². The number of piperidine rings is 2. The quantitative estimate of drug-likeness (QED) is 0.478. The van der Waals surface area contributed by atoms with Crippen LogP contribution in [0.15, 0.2) is 65.0 Å². The standard InChI is InChI=1S/C27H32N4O4S2/c1-20-3-2-4-25(19-20)37(33,34)29-22-7-5-21(6-8-22)26(32)31-14-9-23(10-15-31)30-16-11-24(12-17-30)35-27-28-13-18-36-27/h2-8,13,18-19,23-24,29H,9-12,14-17H2,1H3. The predicted octanol–water partition coefficient (Wildman–Crippen LogP) is 4.40. The molecule has 3 aromatic rings. The number of sulfonamides is 1. The Morgan fingerprint density at radius 1 is 1.03 bits per heavy atom. The molecule has 37 heavy (non-hydrogen) atoms. The fourth-order valence-corrected chi connectivity index (χ4v) is 6.78. The maximum atomic E-state index is 13.1. The van der Waals surface area contributed by atoms with Gasteiger partial charge in [-0.25, -0.2) is 13.4 Å². The van der Waals surface area contributed by atoms with E-state index in [4.69, 9.17) is 4.74 Å². The van der Waals surface area contributed by atoms with Gasteiger partial charge in [0.25, 0.3) is 21.1 Å². The van der Waals surface area contributed by atoms with Crippen LogP contribution in [0.5, 0.6) is 5.19 Å². The van der Waals surface area contributed by atoms with E-state index in [-0.39, 0.29) is 16.9 Å². The largest absolute Gasteiger partial charge is 0.467 e. The number of amides is 1. The van der Waals surface area contributed by atoms with E-state index in [1.165, 1.54) is 11.3 Å². The second-order valence-corrected chi connectivity index (χ2v) is 12.2. The van der Waals surface area contributed by atoms with Crippen molar-refractivity contribution < 1.29 is 17.9 Å². The van der Waals surface area contributed by atoms with Gasteiger partial charge in [0.2, 0.25) is 0 Å². The van der Waals surface area contributed by atoms with Crippen molar-refractivity contribution >= 4 is 33.0 Å². The van der Waals surface area contributed by atoms with Gasteiger partial charge >= 0.3 is 0 Å². The van der Waals surface area contributed by atoms with E-state index >= 15 is 0 Å². The molecule has 196 valence electrons. The number of nitrogens with zero attached hydrogens (tertiary/aromatic N) is 3. The number of aryl methyl sites for hydroxylation is 1. The molecule has 2 aromatic carbocycles. The molecule has 3 heterocycles. The van der Waals surface area contributed by atoms with Crippen molar-refractivity contribution in [3.63, 3.8) is 0 Å². The lowest BCUT2D eigenvalue weighted by molar-refractivity contribution is 0.0425. The molecule has 2 aliphatic heterocycles. The van der Waals surface area contributed by atoms with Gasteiger partial charge in [-0.2, -0.15) is 0 Å². The number of carbonyl (C=O) groups is 1. The Morgan fingerprint density at radius 2 is 1.76 bits per heavy atom. The zero-order valence-corrected chi connectivity index (χ0v) is 22.5. The van der Waals surface area contributed by atoms with E-state index in [1.807, 2.05) is 23.3 Å². The van der Waals surface area contributed by atoms with Crippen LogP contribution >= 0.6 is 11.3 Å². The highest BCUT2D eigenvalue weighted by atomic mass is 32.2. The SMILES string of the molecule is Cc1cccc(S(=O)(=O)Nc2ccc(C(=O)N3CCC(N4CCC(Oc5nccs5)CC4)CC3)cc2)c1. The number of rotatable bonds is 7. The maximum absolute atomic E-state index is 13.1. The zero-order valence-electron chi connectivity index (χ0n) is 20.9. The summed E-state index contributed by atoms with van der Waals surface area (Å²) < 4.78 is 33.9. The Morgan fingerprint density at radius 3 is 2.41 bits per heavy atom. The number of benzene rings is 2. The van der Waals surface area contributed by atoms with Crippen molar-refractivity contribution in [2.75, 3.05) is 30.9 Å². The lowest BCUT2D eigenvalue weighted by atomic mass is 9.98. The number of carbonyl (C=O) groups excluding carboxylic acids is 1. The molecule has 10 heteroatoms. The van der Waals surface area contributed by atoms with Crippen LogP contribution < -0.4 is 9.46 Å². The summed E-state index contributed by atoms with van der Waals surface area (Å²) in [4.78, 5) is 22.0. The minimum Gasteiger partial charge on any atom is -0.467 e. The number of likely N-dealkylation sites (tertiary alicyclic amines) is 2. The molecule has 1 amide bonds. The van der Waals surface area contributed by atoms with Crippen molar-refractivity contribution in [2.24, 2.45) is 0 Å². The van der Waals surface area contributed by atoms with Crippen LogP contribution in [0, 0.1) is 6.92 Å². The van der Waals surface area contributed by atoms with E-state index in [1.54, 1.807) is 48.7 Å². The van der Waals surface area contributed by atoms with Crippen LogP contribution in [0.25, 0.3) is 0 Å². The number of thiazole rings is 1. The van der Waals surface area contributed by atoms with Crippen LogP contribution in [0.3, 0.4) is 0 Å². The number of ether oxygens (including phenoxy) is 1. The molecule has 0 saturated carbocycles. The summed E-state index contributed by atoms with van der Waals surface area (Å²) in [6.07, 6.45) is 5.91. The molecular formula is C27H32N4O4S2. The molecule has 1 N–H and O–H groups in total. The van der Waals surface area contributed by atoms with Crippen molar-refractivity contribution in [3.8, 4) is 5.19 Å². The average Bonchev–Trinajstić information content (AvgIpc) is 3.42. The second-order valence-electron chi connectivity index (χ2n) is 9.67. The summed E-state index contributed by atoms with van der Waals surface area (Å²) in [6, 6.07) is 13.9. The molecule has 8 nitrogen and oxygen atoms in total. The second kappa shape index (κ2) is 11.2. The maximum Gasteiger partial charge on any atom is 0.273 e. The van der Waals surface area contributed by atoms with E-state index in [0.29, 0.717) is 17.3 Å². The lowest BCUT2D eigenvalue weighted by Crippen LogP contribution is -2.50. The Bertz CT molecular complexity index is 1300. The summed E-state index contributed by atoms with van der Waals surface area (Å²) in [7, 11) is -3.68. The predicted molar refractivity (Wildman–Crippen MR) is 145 cm³/mol. The van der Waals surface area contributed by atoms with Crippen LogP contribution in [-0.4, -0.2) is 67.4 Å². The molecular weight excluding hydrogens is 508 g/mol. The Labute approximate surface area is 222 Å². The van der Waals surface area contributed by atoms with E-state index in [9.17, 15) is 13.2 Å². The van der Waals surface area contributed by atoms with E-state index in [2.05, 4.69) is 14.6 Å². The lowest BCUT2D eigenvalue weighted by Gasteiger charge is -2.41. The van der Waals surface area contributed by atoms with Gasteiger partial charge in [0.1, 0.15) is 6.10 Å². The average molecular weight is 541 g/mol. The third kappa shape index (κ3) is 6.31. The highest BCUT2D eigenvalue weighted by molar-refractivity contribution is 7.92. The minimum atomic E-state index is -3.68. The topological polar surface area (TPSA) is 91.8 Å². The molecule has 0 atom stereocenters.